The monoisotopic (exact) mass is 287 g/mol. The number of nitrogens with one attached hydrogen (secondary N) is 1. The summed E-state index contributed by atoms with van der Waals surface area (Å²) in [5.41, 5.74) is 4.94. The van der Waals surface area contributed by atoms with E-state index < -0.39 is 17.1 Å². The molecule has 0 fully saturated rings. The van der Waals surface area contributed by atoms with Crippen molar-refractivity contribution in [3.05, 3.63) is 34.6 Å². The second-order valence-corrected chi connectivity index (χ2v) is 4.95. The van der Waals surface area contributed by atoms with Gasteiger partial charge in [-0.15, -0.1) is 0 Å². The SMILES string of the molecule is CC(C)(C(=O)NCc1ccc(F)c(Cl)c1)C(N)=NO. The van der Waals surface area contributed by atoms with Crippen molar-refractivity contribution in [1.29, 1.82) is 0 Å². The van der Waals surface area contributed by atoms with Gasteiger partial charge in [-0.3, -0.25) is 4.79 Å². The summed E-state index contributed by atoms with van der Waals surface area (Å²) in [5, 5.41) is 14.0. The second-order valence-electron chi connectivity index (χ2n) is 4.54. The molecule has 0 atom stereocenters. The van der Waals surface area contributed by atoms with Gasteiger partial charge in [-0.05, 0) is 31.5 Å². The fourth-order valence-electron chi connectivity index (χ4n) is 1.29. The van der Waals surface area contributed by atoms with Crippen LogP contribution >= 0.6 is 11.6 Å². The molecule has 0 aliphatic rings. The molecule has 0 aromatic heterocycles. The third-order valence-electron chi connectivity index (χ3n) is 2.75. The number of nitrogens with zero attached hydrogens (tertiary/aromatic N) is 1. The minimum atomic E-state index is -1.14. The number of nitrogens with two attached hydrogens (primary N) is 1. The maximum atomic E-state index is 13.0. The minimum absolute atomic E-state index is 0.0116. The zero-order chi connectivity index (χ0) is 14.6. The molecule has 0 spiro atoms. The first-order valence-electron chi connectivity index (χ1n) is 5.49. The Kier molecular flexibility index (Phi) is 4.72. The quantitative estimate of drug-likeness (QED) is 0.342. The first-order valence-corrected chi connectivity index (χ1v) is 5.87. The van der Waals surface area contributed by atoms with Gasteiger partial charge < -0.3 is 16.3 Å². The maximum absolute atomic E-state index is 13.0. The van der Waals surface area contributed by atoms with Crippen molar-refractivity contribution in [2.75, 3.05) is 0 Å². The number of carbonyl (C=O) groups is 1. The first kappa shape index (κ1) is 15.2. The van der Waals surface area contributed by atoms with Crippen molar-refractivity contribution in [2.45, 2.75) is 20.4 Å². The molecule has 5 nitrogen and oxygen atoms in total. The van der Waals surface area contributed by atoms with Crippen LogP contribution in [0.5, 0.6) is 0 Å². The predicted molar refractivity (Wildman–Crippen MR) is 70.4 cm³/mol. The number of hydrogen-bond donors (Lipinski definition) is 3. The van der Waals surface area contributed by atoms with Gasteiger partial charge in [-0.25, -0.2) is 4.39 Å². The molecule has 104 valence electrons. The third-order valence-corrected chi connectivity index (χ3v) is 3.04. The van der Waals surface area contributed by atoms with Gasteiger partial charge in [0.15, 0.2) is 5.84 Å². The molecule has 0 bridgehead atoms. The molecule has 0 heterocycles. The molecule has 1 aromatic carbocycles. The molecule has 4 N–H and O–H groups in total. The highest BCUT2D eigenvalue weighted by atomic mass is 35.5. The zero-order valence-electron chi connectivity index (χ0n) is 10.6. The highest BCUT2D eigenvalue weighted by molar-refractivity contribution is 6.30. The van der Waals surface area contributed by atoms with Gasteiger partial charge >= 0.3 is 0 Å². The van der Waals surface area contributed by atoms with Gasteiger partial charge in [0.2, 0.25) is 5.91 Å². The molecule has 1 rings (SSSR count). The smallest absolute Gasteiger partial charge is 0.233 e. The molecular formula is C12H15ClFN3O2. The maximum Gasteiger partial charge on any atom is 0.233 e. The lowest BCUT2D eigenvalue weighted by molar-refractivity contribution is -0.126. The van der Waals surface area contributed by atoms with E-state index in [1.165, 1.54) is 32.0 Å². The molecule has 0 saturated carbocycles. The Bertz CT molecular complexity index is 518. The zero-order valence-corrected chi connectivity index (χ0v) is 11.3. The summed E-state index contributed by atoms with van der Waals surface area (Å²) in [6.45, 7) is 3.21. The summed E-state index contributed by atoms with van der Waals surface area (Å²) in [5.74, 6) is -1.13. The van der Waals surface area contributed by atoms with E-state index >= 15 is 0 Å². The van der Waals surface area contributed by atoms with Crippen LogP contribution in [0.25, 0.3) is 0 Å². The molecule has 7 heteroatoms. The van der Waals surface area contributed by atoms with Crippen LogP contribution in [0.1, 0.15) is 19.4 Å². The van der Waals surface area contributed by atoms with Crippen LogP contribution in [0.2, 0.25) is 5.02 Å². The van der Waals surface area contributed by atoms with Crippen molar-refractivity contribution >= 4 is 23.3 Å². The summed E-state index contributed by atoms with van der Waals surface area (Å²) in [6, 6.07) is 4.16. The Labute approximate surface area is 115 Å². The first-order chi connectivity index (χ1) is 8.78. The Morgan fingerprint density at radius 1 is 1.58 bits per heavy atom. The summed E-state index contributed by atoms with van der Waals surface area (Å²) in [4.78, 5) is 11.9. The van der Waals surface area contributed by atoms with Crippen LogP contribution in [0.4, 0.5) is 4.39 Å². The molecule has 19 heavy (non-hydrogen) atoms. The number of amides is 1. The lowest BCUT2D eigenvalue weighted by Gasteiger charge is -2.21. The standard InChI is InChI=1S/C12H15ClFN3O2/c1-12(2,10(15)17-19)11(18)16-6-7-3-4-9(14)8(13)5-7/h3-5,19H,6H2,1-2H3,(H2,15,17)(H,16,18). The average Bonchev–Trinajstić information content (AvgIpc) is 2.38. The van der Waals surface area contributed by atoms with E-state index in [2.05, 4.69) is 10.5 Å². The van der Waals surface area contributed by atoms with E-state index in [4.69, 9.17) is 22.5 Å². The number of halogens is 2. The second kappa shape index (κ2) is 5.88. The van der Waals surface area contributed by atoms with E-state index in [1.807, 2.05) is 0 Å². The van der Waals surface area contributed by atoms with Crippen LogP contribution in [-0.4, -0.2) is 17.0 Å². The van der Waals surface area contributed by atoms with E-state index in [9.17, 15) is 9.18 Å². The average molecular weight is 288 g/mol. The van der Waals surface area contributed by atoms with Crippen molar-refractivity contribution < 1.29 is 14.4 Å². The van der Waals surface area contributed by atoms with Crippen molar-refractivity contribution in [3.8, 4) is 0 Å². The Hall–Kier alpha value is -1.82. The van der Waals surface area contributed by atoms with E-state index in [0.29, 0.717) is 5.56 Å². The number of oxime groups is 1. The van der Waals surface area contributed by atoms with Crippen LogP contribution < -0.4 is 11.1 Å². The van der Waals surface area contributed by atoms with Crippen LogP contribution in [0.15, 0.2) is 23.4 Å². The topological polar surface area (TPSA) is 87.7 Å². The Balaban J connectivity index is 2.71. The number of benzene rings is 1. The van der Waals surface area contributed by atoms with Crippen molar-refractivity contribution in [3.63, 3.8) is 0 Å². The number of amidine groups is 1. The number of rotatable bonds is 4. The van der Waals surface area contributed by atoms with Gasteiger partial charge in [-0.1, -0.05) is 22.8 Å². The third kappa shape index (κ3) is 3.57. The molecule has 0 saturated heterocycles. The van der Waals surface area contributed by atoms with Crippen molar-refractivity contribution in [1.82, 2.24) is 5.32 Å². The lowest BCUT2D eigenvalue weighted by Crippen LogP contribution is -2.45. The predicted octanol–water partition coefficient (Wildman–Crippen LogP) is 1.87. The van der Waals surface area contributed by atoms with Gasteiger partial charge in [0.1, 0.15) is 11.2 Å². The molecule has 0 aliphatic heterocycles. The highest BCUT2D eigenvalue weighted by Crippen LogP contribution is 2.18. The van der Waals surface area contributed by atoms with Gasteiger partial charge in [0.25, 0.3) is 0 Å². The fourth-order valence-corrected chi connectivity index (χ4v) is 1.50. The largest absolute Gasteiger partial charge is 0.409 e. The van der Waals surface area contributed by atoms with E-state index in [1.54, 1.807) is 0 Å². The summed E-state index contributed by atoms with van der Waals surface area (Å²) < 4.78 is 13.0. The molecule has 1 amide bonds. The van der Waals surface area contributed by atoms with Crippen LogP contribution in [-0.2, 0) is 11.3 Å². The van der Waals surface area contributed by atoms with Crippen LogP contribution in [0.3, 0.4) is 0 Å². The molecule has 1 aromatic rings. The summed E-state index contributed by atoms with van der Waals surface area (Å²) >= 11 is 5.63. The Morgan fingerprint density at radius 2 is 2.21 bits per heavy atom. The lowest BCUT2D eigenvalue weighted by atomic mass is 9.91. The van der Waals surface area contributed by atoms with Crippen molar-refractivity contribution in [2.24, 2.45) is 16.3 Å². The highest BCUT2D eigenvalue weighted by Gasteiger charge is 2.32. The summed E-state index contributed by atoms with van der Waals surface area (Å²) in [7, 11) is 0. The van der Waals surface area contributed by atoms with E-state index in [0.717, 1.165) is 0 Å². The molecule has 0 radical (unpaired) electrons. The Morgan fingerprint density at radius 3 is 2.74 bits per heavy atom. The van der Waals surface area contributed by atoms with E-state index in [-0.39, 0.29) is 17.4 Å². The minimum Gasteiger partial charge on any atom is -0.409 e. The molecular weight excluding hydrogens is 273 g/mol. The normalized spacial score (nSPS) is 12.3. The molecule has 0 aliphatic carbocycles. The molecule has 0 unspecified atom stereocenters. The summed E-state index contributed by atoms with van der Waals surface area (Å²) in [6.07, 6.45) is 0. The number of carbonyl (C=O) groups excluding carboxylic acids is 1. The van der Waals surface area contributed by atoms with Crippen LogP contribution in [0, 0.1) is 11.2 Å². The van der Waals surface area contributed by atoms with Gasteiger partial charge in [0, 0.05) is 6.54 Å². The number of hydrogen-bond acceptors (Lipinski definition) is 3. The van der Waals surface area contributed by atoms with Gasteiger partial charge in [-0.2, -0.15) is 0 Å². The van der Waals surface area contributed by atoms with Gasteiger partial charge in [0.05, 0.1) is 5.02 Å². The fraction of sp³-hybridized carbons (Fsp3) is 0.333.